The number of fused-ring (bicyclic) bond motifs is 4. The molecule has 4 saturated heterocycles. The highest BCUT2D eigenvalue weighted by atomic mass is 35.5. The summed E-state index contributed by atoms with van der Waals surface area (Å²) in [6.45, 7) is 33.7. The summed E-state index contributed by atoms with van der Waals surface area (Å²) in [7, 11) is 0. The molecule has 22 nitrogen and oxygen atoms in total. The van der Waals surface area contributed by atoms with E-state index in [2.05, 4.69) is 205 Å². The standard InChI is InChI=1S/C28H30ClFN6.C28H29ClFN5.C28H31ClN6.C28H30ClN5/c1-3-35-12-14-36(15-13-35)28-32-19(2)16-22(34-28)6-4-20-17-23(7-9-25(20)30)33-26-10-11-31-27-18-21(29)5-8-24(26)27;1-2-34-14-16-35(17-15-34)28-5-3-4-22(33-28)8-6-20-18-23(9-11-25(20)30)32-26-12-13-31-27-19-21(29)7-10-24(26)27;1-3-34-13-15-35(16-14-34)28-31-20(2)17-24(33-28)9-7-21-5-4-6-23(18-21)32-26-11-12-30-27-19-22(29)8-10-25(26)27;1-2-33-15-17-34(18-16-33)28-8-4-6-23(32-28)11-9-21-5-3-7-24(19-21)31-26-13-14-30-27-20-22(29)10-12-25(26)27/h5,7-11,16-18H,3-4,6,12-15H2,1-2H3,(H,31,33);3-5,7,9-13,18-19H,2,6,8,14-17H2,1H3,(H,31,32);4-6,8,10-12,17-19H,3,7,9,13-16H2,1-2H3,(H,30,32);3-8,10,12-14,19-20H,2,9,11,15-18H2,1H3,(H,30,31). The molecule has 4 aliphatic rings. The molecule has 0 spiro atoms. The number of benzene rings is 8. The number of rotatable bonds is 28. The maximum absolute atomic E-state index is 14.7. The van der Waals surface area contributed by atoms with Crippen molar-refractivity contribution in [2.24, 2.45) is 0 Å². The third kappa shape index (κ3) is 26.6. The van der Waals surface area contributed by atoms with Crippen LogP contribution in [0, 0.1) is 25.5 Å². The molecule has 0 atom stereocenters. The first-order valence-corrected chi connectivity index (χ1v) is 50.3. The highest BCUT2D eigenvalue weighted by Gasteiger charge is 2.25. The van der Waals surface area contributed by atoms with E-state index in [0.29, 0.717) is 56.9 Å². The van der Waals surface area contributed by atoms with Crippen molar-refractivity contribution >= 4 is 159 Å². The molecule has 16 aromatic rings. The second kappa shape index (κ2) is 47.9. The van der Waals surface area contributed by atoms with Crippen LogP contribution in [0.15, 0.2) is 255 Å². The zero-order valence-corrected chi connectivity index (χ0v) is 83.4. The van der Waals surface area contributed by atoms with E-state index in [0.717, 1.165) is 303 Å². The van der Waals surface area contributed by atoms with Crippen LogP contribution in [0.2, 0.25) is 20.1 Å². The molecule has 28 heteroatoms. The molecule has 0 unspecified atom stereocenters. The number of halogens is 6. The average molecular weight is 1950 g/mol. The molecule has 4 aliphatic heterocycles. The Morgan fingerprint density at radius 1 is 0.271 bits per heavy atom. The van der Waals surface area contributed by atoms with E-state index in [9.17, 15) is 8.78 Å². The van der Waals surface area contributed by atoms with Crippen LogP contribution in [-0.2, 0) is 51.4 Å². The average Bonchev–Trinajstić information content (AvgIpc) is 0.766. The molecule has 8 aromatic carbocycles. The minimum Gasteiger partial charge on any atom is -0.355 e. The summed E-state index contributed by atoms with van der Waals surface area (Å²) in [6.07, 6.45) is 13.2. The van der Waals surface area contributed by atoms with Gasteiger partial charge in [-0.15, -0.1) is 0 Å². The maximum atomic E-state index is 14.7. The number of nitrogens with one attached hydrogen (secondary N) is 4. The predicted molar refractivity (Wildman–Crippen MR) is 575 cm³/mol. The molecular weight excluding hydrogens is 1830 g/mol. The molecule has 140 heavy (non-hydrogen) atoms. The first-order valence-electron chi connectivity index (χ1n) is 48.8. The fraction of sp³-hybridized carbons (Fsp3) is 0.304. The number of hydrogen-bond donors (Lipinski definition) is 4. The van der Waals surface area contributed by atoms with Crippen molar-refractivity contribution in [3.8, 4) is 0 Å². The Hall–Kier alpha value is -12.9. The van der Waals surface area contributed by atoms with Gasteiger partial charge in [0.1, 0.15) is 23.3 Å². The normalized spacial score (nSPS) is 14.4. The van der Waals surface area contributed by atoms with Gasteiger partial charge >= 0.3 is 0 Å². The Bertz CT molecular complexity index is 6910. The fourth-order valence-corrected chi connectivity index (χ4v) is 19.0. The van der Waals surface area contributed by atoms with Crippen LogP contribution in [-0.4, -0.2) is 200 Å². The van der Waals surface area contributed by atoms with Crippen LogP contribution in [0.4, 0.5) is 77.8 Å². The maximum Gasteiger partial charge on any atom is 0.225 e. The van der Waals surface area contributed by atoms with Gasteiger partial charge in [0.05, 0.1) is 22.1 Å². The van der Waals surface area contributed by atoms with Gasteiger partial charge in [-0.1, -0.05) is 110 Å². The van der Waals surface area contributed by atoms with Gasteiger partial charge in [-0.05, 0) is 308 Å². The molecule has 0 saturated carbocycles. The lowest BCUT2D eigenvalue weighted by Crippen LogP contribution is -2.46. The third-order valence-electron chi connectivity index (χ3n) is 26.4. The Morgan fingerprint density at radius 3 is 0.907 bits per heavy atom. The van der Waals surface area contributed by atoms with Crippen LogP contribution in [0.3, 0.4) is 0 Å². The number of hydrogen-bond acceptors (Lipinski definition) is 22. The van der Waals surface area contributed by atoms with Crippen molar-refractivity contribution in [1.82, 2.24) is 69.4 Å². The minimum absolute atomic E-state index is 0.200. The second-order valence-corrected chi connectivity index (χ2v) is 37.6. The Labute approximate surface area is 839 Å². The molecule has 0 aliphatic carbocycles. The van der Waals surface area contributed by atoms with Gasteiger partial charge in [0.15, 0.2) is 0 Å². The van der Waals surface area contributed by atoms with E-state index in [-0.39, 0.29) is 11.6 Å². The molecule has 0 bridgehead atoms. The highest BCUT2D eigenvalue weighted by Crippen LogP contribution is 2.35. The van der Waals surface area contributed by atoms with E-state index < -0.39 is 0 Å². The molecule has 4 N–H and O–H groups in total. The van der Waals surface area contributed by atoms with Gasteiger partial charge in [-0.3, -0.25) is 19.9 Å². The molecule has 0 amide bonds. The van der Waals surface area contributed by atoms with E-state index in [1.54, 1.807) is 24.5 Å². The summed E-state index contributed by atoms with van der Waals surface area (Å²) < 4.78 is 29.4. The lowest BCUT2D eigenvalue weighted by atomic mass is 10.1. The smallest absolute Gasteiger partial charge is 0.225 e. The molecule has 0 radical (unpaired) electrons. The van der Waals surface area contributed by atoms with Gasteiger partial charge < -0.3 is 60.5 Å². The summed E-state index contributed by atoms with van der Waals surface area (Å²) >= 11 is 24.5. The van der Waals surface area contributed by atoms with Gasteiger partial charge in [-0.2, -0.15) is 0 Å². The number of piperazine rings is 4. The minimum atomic E-state index is -0.214. The van der Waals surface area contributed by atoms with Crippen LogP contribution in [0.1, 0.15) is 84.1 Å². The number of aromatic nitrogens is 10. The van der Waals surface area contributed by atoms with Crippen molar-refractivity contribution in [3.05, 3.63) is 343 Å². The topological polar surface area (TPSA) is 203 Å². The fourth-order valence-electron chi connectivity index (χ4n) is 18.4. The van der Waals surface area contributed by atoms with Gasteiger partial charge in [0.25, 0.3) is 0 Å². The monoisotopic (exact) mass is 1950 g/mol. The number of anilines is 12. The van der Waals surface area contributed by atoms with Crippen molar-refractivity contribution in [1.29, 1.82) is 0 Å². The van der Waals surface area contributed by atoms with Crippen molar-refractivity contribution < 1.29 is 8.78 Å². The SMILES string of the molecule is CCN1CCN(c2cccc(CCc3cc(Nc4ccnc5cc(Cl)ccc45)ccc3F)n2)CC1.CCN1CCN(c2cccc(CCc3cccc(Nc4ccnc5cc(Cl)ccc45)c3)n2)CC1.CCN1CCN(c2nc(C)cc(CCc3cc(Nc4ccnc5cc(Cl)ccc45)ccc3F)n2)CC1.CCN1CCN(c2nc(C)cc(CCc3cccc(Nc4ccnc5cc(Cl)ccc45)c3)n2)CC1. The molecule has 4 fully saturated rings. The lowest BCUT2D eigenvalue weighted by Gasteiger charge is -2.34. The summed E-state index contributed by atoms with van der Waals surface area (Å²) in [5.74, 6) is 3.35. The summed E-state index contributed by atoms with van der Waals surface area (Å²) in [4.78, 5) is 65.8. The van der Waals surface area contributed by atoms with Crippen LogP contribution < -0.4 is 40.9 Å². The van der Waals surface area contributed by atoms with Crippen molar-refractivity contribution in [2.75, 3.05) is 172 Å². The summed E-state index contributed by atoms with van der Waals surface area (Å²) in [5.41, 5.74) is 21.0. The van der Waals surface area contributed by atoms with E-state index in [4.69, 9.17) is 71.3 Å². The quantitative estimate of drug-likeness (QED) is 0.0360. The number of likely N-dealkylation sites (N-methyl/N-ethyl adjacent to an activating group) is 4. The van der Waals surface area contributed by atoms with Crippen LogP contribution >= 0.6 is 46.4 Å². The van der Waals surface area contributed by atoms with E-state index in [1.807, 2.05) is 141 Å². The van der Waals surface area contributed by atoms with E-state index >= 15 is 0 Å². The van der Waals surface area contributed by atoms with Crippen LogP contribution in [0.25, 0.3) is 43.6 Å². The Morgan fingerprint density at radius 2 is 0.571 bits per heavy atom. The van der Waals surface area contributed by atoms with Crippen molar-refractivity contribution in [3.63, 3.8) is 0 Å². The van der Waals surface area contributed by atoms with Gasteiger partial charge in [0, 0.05) is 251 Å². The summed E-state index contributed by atoms with van der Waals surface area (Å²) in [5, 5.41) is 20.6. The second-order valence-electron chi connectivity index (χ2n) is 35.9. The Balaban J connectivity index is 0.000000129. The molecular formula is C112H120Cl4F2N22. The summed E-state index contributed by atoms with van der Waals surface area (Å²) in [6, 6.07) is 74.8. The van der Waals surface area contributed by atoms with Gasteiger partial charge in [-0.25, -0.2) is 38.7 Å². The largest absolute Gasteiger partial charge is 0.355 e. The zero-order chi connectivity index (χ0) is 96.8. The van der Waals surface area contributed by atoms with Gasteiger partial charge in [0.2, 0.25) is 11.9 Å². The van der Waals surface area contributed by atoms with Crippen molar-refractivity contribution in [2.45, 2.75) is 92.9 Å². The Kier molecular flexibility index (Phi) is 33.7. The highest BCUT2D eigenvalue weighted by molar-refractivity contribution is 6.32. The molecule has 8 aromatic heterocycles. The number of nitrogens with zero attached hydrogens (tertiary/aromatic N) is 18. The molecule has 720 valence electrons. The zero-order valence-electron chi connectivity index (χ0n) is 80.4. The molecule has 12 heterocycles. The first kappa shape index (κ1) is 98.7. The number of pyridine rings is 6. The van der Waals surface area contributed by atoms with Crippen LogP contribution in [0.5, 0.6) is 0 Å². The van der Waals surface area contributed by atoms with E-state index in [1.165, 1.54) is 23.3 Å². The number of aryl methyl sites for hydroxylation is 10. The first-order chi connectivity index (χ1) is 68.3. The lowest BCUT2D eigenvalue weighted by molar-refractivity contribution is 0.270. The molecule has 20 rings (SSSR count). The predicted octanol–water partition coefficient (Wildman–Crippen LogP) is 23.5. The third-order valence-corrected chi connectivity index (χ3v) is 27.3.